The van der Waals surface area contributed by atoms with Gasteiger partial charge in [0, 0.05) is 48.5 Å². The molecule has 0 unspecified atom stereocenters. The van der Waals surface area contributed by atoms with E-state index < -0.39 is 0 Å². The number of amides is 1. The number of para-hydroxylation sites is 1. The molecule has 4 heterocycles. The lowest BCUT2D eigenvalue weighted by Gasteiger charge is -2.25. The summed E-state index contributed by atoms with van der Waals surface area (Å²) in [5.74, 6) is 0.105. The van der Waals surface area contributed by atoms with Crippen LogP contribution in [-0.2, 0) is 0 Å². The Balaban J connectivity index is 0.00000192. The van der Waals surface area contributed by atoms with Crippen LogP contribution in [0.15, 0.2) is 54.9 Å². The minimum Gasteiger partial charge on any atom is -0.337 e. The van der Waals surface area contributed by atoms with E-state index in [0.717, 1.165) is 53.7 Å². The van der Waals surface area contributed by atoms with Gasteiger partial charge in [-0.25, -0.2) is 4.98 Å². The summed E-state index contributed by atoms with van der Waals surface area (Å²) in [6.45, 7) is 1.60. The molecule has 0 aliphatic carbocycles. The second-order valence-electron chi connectivity index (χ2n) is 7.49. The van der Waals surface area contributed by atoms with Crippen molar-refractivity contribution in [2.75, 3.05) is 13.1 Å². The first-order valence-electron chi connectivity index (χ1n) is 9.63. The quantitative estimate of drug-likeness (QED) is 0.720. The number of aromatic nitrogens is 2. The monoisotopic (exact) mass is 394 g/mol. The molecule has 2 aliphatic rings. The fourth-order valence-electron chi connectivity index (χ4n) is 4.31. The van der Waals surface area contributed by atoms with Crippen LogP contribution in [0.4, 0.5) is 0 Å². The summed E-state index contributed by atoms with van der Waals surface area (Å²) >= 11 is 0. The molecule has 1 aromatic carbocycles. The zero-order valence-corrected chi connectivity index (χ0v) is 16.4. The fourth-order valence-corrected chi connectivity index (χ4v) is 4.31. The molecular formula is C22H23ClN4O. The fraction of sp³-hybridized carbons (Fsp3) is 0.318. The molecule has 28 heavy (non-hydrogen) atoms. The van der Waals surface area contributed by atoms with Crippen LogP contribution < -0.4 is 5.32 Å². The molecule has 0 saturated carbocycles. The van der Waals surface area contributed by atoms with E-state index in [2.05, 4.69) is 10.3 Å². The number of rotatable bonds is 2. The normalized spacial score (nSPS) is 21.2. The van der Waals surface area contributed by atoms with Crippen molar-refractivity contribution in [3.05, 3.63) is 60.4 Å². The van der Waals surface area contributed by atoms with Crippen molar-refractivity contribution < 1.29 is 4.79 Å². The lowest BCUT2D eigenvalue weighted by molar-refractivity contribution is 0.0750. The number of pyridine rings is 2. The molecule has 2 fully saturated rings. The number of fused-ring (bicyclic) bond motifs is 3. The minimum atomic E-state index is 0. The number of hydrogen-bond acceptors (Lipinski definition) is 4. The lowest BCUT2D eigenvalue weighted by Crippen LogP contribution is -2.39. The van der Waals surface area contributed by atoms with Crippen molar-refractivity contribution in [2.45, 2.75) is 31.3 Å². The Morgan fingerprint density at radius 2 is 1.93 bits per heavy atom. The number of carbonyl (C=O) groups excluding carboxylic acids is 1. The average molecular weight is 395 g/mol. The van der Waals surface area contributed by atoms with Gasteiger partial charge in [0.05, 0.1) is 16.8 Å². The van der Waals surface area contributed by atoms with Gasteiger partial charge in [0.15, 0.2) is 0 Å². The van der Waals surface area contributed by atoms with E-state index in [-0.39, 0.29) is 18.3 Å². The molecule has 2 aromatic heterocycles. The van der Waals surface area contributed by atoms with Crippen LogP contribution >= 0.6 is 12.4 Å². The number of halogens is 1. The van der Waals surface area contributed by atoms with Crippen molar-refractivity contribution in [1.29, 1.82) is 0 Å². The summed E-state index contributed by atoms with van der Waals surface area (Å²) in [7, 11) is 0. The summed E-state index contributed by atoms with van der Waals surface area (Å²) in [5, 5.41) is 4.56. The van der Waals surface area contributed by atoms with E-state index in [1.807, 2.05) is 47.4 Å². The number of benzene rings is 1. The third-order valence-corrected chi connectivity index (χ3v) is 5.71. The molecule has 2 saturated heterocycles. The highest BCUT2D eigenvalue weighted by Gasteiger charge is 2.32. The van der Waals surface area contributed by atoms with Crippen LogP contribution in [0.2, 0.25) is 0 Å². The summed E-state index contributed by atoms with van der Waals surface area (Å²) in [4.78, 5) is 24.5. The van der Waals surface area contributed by atoms with Gasteiger partial charge in [-0.2, -0.15) is 0 Å². The van der Waals surface area contributed by atoms with Gasteiger partial charge in [-0.3, -0.25) is 9.78 Å². The van der Waals surface area contributed by atoms with Gasteiger partial charge in [-0.15, -0.1) is 12.4 Å². The minimum absolute atomic E-state index is 0. The van der Waals surface area contributed by atoms with Gasteiger partial charge in [-0.1, -0.05) is 18.2 Å². The number of hydrogen-bond donors (Lipinski definition) is 1. The van der Waals surface area contributed by atoms with E-state index in [1.165, 1.54) is 6.42 Å². The van der Waals surface area contributed by atoms with Gasteiger partial charge < -0.3 is 10.2 Å². The zero-order chi connectivity index (χ0) is 18.2. The molecule has 2 bridgehead atoms. The van der Waals surface area contributed by atoms with Crippen molar-refractivity contribution in [1.82, 2.24) is 20.2 Å². The predicted octanol–water partition coefficient (Wildman–Crippen LogP) is 3.69. The summed E-state index contributed by atoms with van der Waals surface area (Å²) < 4.78 is 0. The first kappa shape index (κ1) is 18.8. The number of nitrogens with one attached hydrogen (secondary N) is 1. The van der Waals surface area contributed by atoms with Crippen LogP contribution in [0.3, 0.4) is 0 Å². The molecule has 2 atom stereocenters. The van der Waals surface area contributed by atoms with Crippen molar-refractivity contribution >= 4 is 29.2 Å². The van der Waals surface area contributed by atoms with Crippen LogP contribution in [-0.4, -0.2) is 45.9 Å². The highest BCUT2D eigenvalue weighted by atomic mass is 35.5. The molecule has 1 N–H and O–H groups in total. The maximum atomic E-state index is 13.5. The zero-order valence-electron chi connectivity index (χ0n) is 15.5. The molecule has 5 nitrogen and oxygen atoms in total. The Morgan fingerprint density at radius 3 is 2.79 bits per heavy atom. The summed E-state index contributed by atoms with van der Waals surface area (Å²) in [6, 6.07) is 14.7. The molecule has 5 rings (SSSR count). The van der Waals surface area contributed by atoms with E-state index in [4.69, 9.17) is 4.98 Å². The van der Waals surface area contributed by atoms with Gasteiger partial charge in [0.25, 0.3) is 5.91 Å². The molecule has 2 aliphatic heterocycles. The van der Waals surface area contributed by atoms with Gasteiger partial charge >= 0.3 is 0 Å². The topological polar surface area (TPSA) is 58.1 Å². The average Bonchev–Trinajstić information content (AvgIpc) is 3.06. The molecular weight excluding hydrogens is 372 g/mol. The number of carbonyl (C=O) groups is 1. The van der Waals surface area contributed by atoms with Crippen LogP contribution in [0.1, 0.15) is 29.6 Å². The first-order chi connectivity index (χ1) is 13.3. The SMILES string of the molecule is Cl.O=C(c1cc(-c2cccnc2)nc2ccccc12)N1CC[C@H]2CC[C@@H](C1)N2. The maximum Gasteiger partial charge on any atom is 0.254 e. The van der Waals surface area contributed by atoms with Crippen LogP contribution in [0, 0.1) is 0 Å². The third-order valence-electron chi connectivity index (χ3n) is 5.71. The van der Waals surface area contributed by atoms with Crippen molar-refractivity contribution in [2.24, 2.45) is 0 Å². The van der Waals surface area contributed by atoms with Gasteiger partial charge in [0.1, 0.15) is 0 Å². The second kappa shape index (κ2) is 7.86. The molecule has 0 radical (unpaired) electrons. The molecule has 3 aromatic rings. The van der Waals surface area contributed by atoms with Crippen molar-refractivity contribution in [3.63, 3.8) is 0 Å². The van der Waals surface area contributed by atoms with Crippen molar-refractivity contribution in [3.8, 4) is 11.3 Å². The van der Waals surface area contributed by atoms with E-state index >= 15 is 0 Å². The number of likely N-dealkylation sites (tertiary alicyclic amines) is 1. The largest absolute Gasteiger partial charge is 0.337 e. The maximum absolute atomic E-state index is 13.5. The molecule has 144 valence electrons. The second-order valence-corrected chi connectivity index (χ2v) is 7.49. The highest BCUT2D eigenvalue weighted by molar-refractivity contribution is 6.07. The third kappa shape index (κ3) is 3.48. The Bertz CT molecular complexity index is 994. The van der Waals surface area contributed by atoms with E-state index in [9.17, 15) is 4.79 Å². The van der Waals surface area contributed by atoms with Crippen LogP contribution in [0.25, 0.3) is 22.2 Å². The van der Waals surface area contributed by atoms with E-state index in [0.29, 0.717) is 12.1 Å². The van der Waals surface area contributed by atoms with Crippen LogP contribution in [0.5, 0.6) is 0 Å². The first-order valence-corrected chi connectivity index (χ1v) is 9.63. The molecule has 1 amide bonds. The lowest BCUT2D eigenvalue weighted by atomic mass is 10.0. The Kier molecular flexibility index (Phi) is 5.29. The standard InChI is InChI=1S/C22H22N4O.ClH/c27-22(26-11-9-16-7-8-17(14-26)24-16)19-12-21(15-4-3-10-23-13-15)25-20-6-2-1-5-18(19)20;/h1-6,10,12-13,16-17,24H,7-9,11,14H2;1H/t16-,17+;/m1./s1. The Labute approximate surface area is 170 Å². The van der Waals surface area contributed by atoms with E-state index in [1.54, 1.807) is 12.4 Å². The highest BCUT2D eigenvalue weighted by Crippen LogP contribution is 2.27. The van der Waals surface area contributed by atoms with Gasteiger partial charge in [-0.05, 0) is 43.5 Å². The Morgan fingerprint density at radius 1 is 1.07 bits per heavy atom. The summed E-state index contributed by atoms with van der Waals surface area (Å²) in [5.41, 5.74) is 3.29. The Hall–Kier alpha value is -2.50. The molecule has 6 heteroatoms. The van der Waals surface area contributed by atoms with Gasteiger partial charge in [0.2, 0.25) is 0 Å². The predicted molar refractivity (Wildman–Crippen MR) is 113 cm³/mol. The number of nitrogens with zero attached hydrogens (tertiary/aromatic N) is 3. The summed E-state index contributed by atoms with van der Waals surface area (Å²) in [6.07, 6.45) is 6.96. The smallest absolute Gasteiger partial charge is 0.254 e. The molecule has 0 spiro atoms.